The fourth-order valence-electron chi connectivity index (χ4n) is 2.34. The van der Waals surface area contributed by atoms with Gasteiger partial charge in [-0.25, -0.2) is 9.18 Å². The van der Waals surface area contributed by atoms with Crippen molar-refractivity contribution in [3.8, 4) is 5.75 Å². The quantitative estimate of drug-likeness (QED) is 0.351. The molecule has 2 aromatic rings. The number of nitro benzene ring substituents is 1. The monoisotopic (exact) mass is 333 g/mol. The molecule has 7 heteroatoms. The number of rotatable bonds is 5. The van der Waals surface area contributed by atoms with Crippen LogP contribution in [-0.4, -0.2) is 11.1 Å². The molecule has 0 radical (unpaired) electrons. The Bertz CT molecular complexity index is 752. The summed E-state index contributed by atoms with van der Waals surface area (Å²) in [4.78, 5) is 22.2. The number of carbonyl (C=O) groups is 1. The third-order valence-corrected chi connectivity index (χ3v) is 3.39. The van der Waals surface area contributed by atoms with Crippen LogP contribution in [0.5, 0.6) is 5.75 Å². The zero-order valence-corrected chi connectivity index (χ0v) is 13.2. The van der Waals surface area contributed by atoms with Gasteiger partial charge in [0.2, 0.25) is 0 Å². The Morgan fingerprint density at radius 2 is 1.83 bits per heavy atom. The molecule has 0 aliphatic carbocycles. The molecule has 0 saturated heterocycles. The molecule has 0 unspecified atom stereocenters. The van der Waals surface area contributed by atoms with Gasteiger partial charge in [0.05, 0.1) is 10.5 Å². The average molecular weight is 333 g/mol. The number of benzene rings is 2. The van der Waals surface area contributed by atoms with Gasteiger partial charge < -0.3 is 9.47 Å². The summed E-state index contributed by atoms with van der Waals surface area (Å²) >= 11 is 0. The van der Waals surface area contributed by atoms with Crippen molar-refractivity contribution in [2.24, 2.45) is 0 Å². The van der Waals surface area contributed by atoms with E-state index in [9.17, 15) is 19.3 Å². The van der Waals surface area contributed by atoms with Crippen LogP contribution >= 0.6 is 0 Å². The molecule has 0 aliphatic heterocycles. The molecule has 0 spiro atoms. The van der Waals surface area contributed by atoms with Gasteiger partial charge in [-0.05, 0) is 48.7 Å². The van der Waals surface area contributed by atoms with Crippen LogP contribution in [0.4, 0.5) is 14.9 Å². The molecule has 2 rings (SSSR count). The molecule has 0 aromatic heterocycles. The highest BCUT2D eigenvalue weighted by atomic mass is 19.1. The first kappa shape index (κ1) is 17.4. The zero-order chi connectivity index (χ0) is 17.7. The zero-order valence-electron chi connectivity index (χ0n) is 13.2. The van der Waals surface area contributed by atoms with Gasteiger partial charge in [0.25, 0.3) is 5.69 Å². The van der Waals surface area contributed by atoms with Gasteiger partial charge in [0.15, 0.2) is 0 Å². The largest absolute Gasteiger partial charge is 0.514 e. The van der Waals surface area contributed by atoms with E-state index in [1.807, 2.05) is 0 Å². The van der Waals surface area contributed by atoms with Gasteiger partial charge >= 0.3 is 6.16 Å². The van der Waals surface area contributed by atoms with Crippen LogP contribution in [0.25, 0.3) is 0 Å². The summed E-state index contributed by atoms with van der Waals surface area (Å²) < 4.78 is 22.8. The number of nitro groups is 1. The maximum atomic E-state index is 12.7. The molecule has 0 fully saturated rings. The number of aryl methyl sites for hydroxylation is 2. The summed E-state index contributed by atoms with van der Waals surface area (Å²) in [6.45, 7) is 2.49. The Hall–Kier alpha value is -2.96. The summed E-state index contributed by atoms with van der Waals surface area (Å²) in [5, 5.41) is 10.9. The Labute approximate surface area is 138 Å². The number of alkyl halides is 1. The summed E-state index contributed by atoms with van der Waals surface area (Å²) in [5.74, 6) is 0.291. The molecular weight excluding hydrogens is 317 g/mol. The first-order valence-corrected chi connectivity index (χ1v) is 7.15. The fraction of sp³-hybridized carbons (Fsp3) is 0.235. The molecule has 0 saturated carbocycles. The molecule has 0 N–H and O–H groups in total. The predicted octanol–water partition coefficient (Wildman–Crippen LogP) is 4.40. The predicted molar refractivity (Wildman–Crippen MR) is 84.6 cm³/mol. The van der Waals surface area contributed by atoms with Crippen molar-refractivity contribution in [2.75, 3.05) is 0 Å². The third-order valence-electron chi connectivity index (χ3n) is 3.39. The minimum absolute atomic E-state index is 0.134. The Kier molecular flexibility index (Phi) is 5.47. The fourth-order valence-corrected chi connectivity index (χ4v) is 2.34. The topological polar surface area (TPSA) is 78.7 Å². The summed E-state index contributed by atoms with van der Waals surface area (Å²) in [6, 6.07) is 9.13. The second-order valence-corrected chi connectivity index (χ2v) is 5.22. The van der Waals surface area contributed by atoms with Crippen molar-refractivity contribution < 1.29 is 23.6 Å². The van der Waals surface area contributed by atoms with Crippen LogP contribution in [0.2, 0.25) is 0 Å². The average Bonchev–Trinajstić information content (AvgIpc) is 2.56. The molecule has 24 heavy (non-hydrogen) atoms. The maximum Gasteiger partial charge on any atom is 0.514 e. The lowest BCUT2D eigenvalue weighted by Gasteiger charge is -2.12. The number of ether oxygens (including phenoxy) is 2. The number of hydrogen-bond donors (Lipinski definition) is 0. The first-order chi connectivity index (χ1) is 11.4. The Morgan fingerprint density at radius 3 is 2.42 bits per heavy atom. The van der Waals surface area contributed by atoms with Gasteiger partial charge in [-0.3, -0.25) is 10.1 Å². The number of halogens is 1. The molecule has 6 nitrogen and oxygen atoms in total. The van der Waals surface area contributed by atoms with Gasteiger partial charge in [-0.15, -0.1) is 0 Å². The molecule has 0 bridgehead atoms. The molecule has 2 aromatic carbocycles. The highest BCUT2D eigenvalue weighted by molar-refractivity contribution is 5.65. The van der Waals surface area contributed by atoms with Crippen molar-refractivity contribution in [3.63, 3.8) is 0 Å². The summed E-state index contributed by atoms with van der Waals surface area (Å²) in [7, 11) is 0. The normalized spacial score (nSPS) is 10.3. The lowest BCUT2D eigenvalue weighted by Crippen LogP contribution is -2.12. The lowest BCUT2D eigenvalue weighted by molar-refractivity contribution is -0.385. The maximum absolute atomic E-state index is 12.7. The highest BCUT2D eigenvalue weighted by Gasteiger charge is 2.16. The second kappa shape index (κ2) is 7.54. The van der Waals surface area contributed by atoms with Crippen LogP contribution in [-0.2, 0) is 18.0 Å². The van der Waals surface area contributed by atoms with Crippen LogP contribution in [0.15, 0.2) is 36.4 Å². The van der Waals surface area contributed by atoms with Crippen molar-refractivity contribution in [2.45, 2.75) is 27.1 Å². The van der Waals surface area contributed by atoms with Gasteiger partial charge in [0, 0.05) is 6.07 Å². The van der Waals surface area contributed by atoms with E-state index in [0.717, 1.165) is 0 Å². The smallest absolute Gasteiger partial charge is 0.429 e. The number of para-hydroxylation sites is 1. The molecule has 0 amide bonds. The van der Waals surface area contributed by atoms with Crippen LogP contribution in [0.1, 0.15) is 22.3 Å². The molecule has 0 heterocycles. The van der Waals surface area contributed by atoms with E-state index in [-0.39, 0.29) is 17.9 Å². The van der Waals surface area contributed by atoms with E-state index in [4.69, 9.17) is 9.47 Å². The van der Waals surface area contributed by atoms with Crippen molar-refractivity contribution in [1.29, 1.82) is 0 Å². The van der Waals surface area contributed by atoms with Crippen molar-refractivity contribution >= 4 is 11.8 Å². The summed E-state index contributed by atoms with van der Waals surface area (Å²) in [6.07, 6.45) is -0.979. The number of hydrogen-bond acceptors (Lipinski definition) is 5. The SMILES string of the molecule is Cc1cc(CF)cc(C)c1OC(=O)OCc1ccccc1[N+](=O)[O-]. The van der Waals surface area contributed by atoms with E-state index in [1.54, 1.807) is 32.0 Å². The third kappa shape index (κ3) is 4.07. The highest BCUT2D eigenvalue weighted by Crippen LogP contribution is 2.26. The number of carbonyl (C=O) groups excluding carboxylic acids is 1. The van der Waals surface area contributed by atoms with Crippen LogP contribution in [0.3, 0.4) is 0 Å². The van der Waals surface area contributed by atoms with Gasteiger partial charge in [-0.2, -0.15) is 0 Å². The first-order valence-electron chi connectivity index (χ1n) is 7.15. The van der Waals surface area contributed by atoms with E-state index >= 15 is 0 Å². The van der Waals surface area contributed by atoms with Gasteiger partial charge in [-0.1, -0.05) is 12.1 Å². The van der Waals surface area contributed by atoms with E-state index in [2.05, 4.69) is 0 Å². The van der Waals surface area contributed by atoms with Crippen LogP contribution < -0.4 is 4.74 Å². The van der Waals surface area contributed by atoms with Crippen molar-refractivity contribution in [3.05, 3.63) is 68.8 Å². The van der Waals surface area contributed by atoms with E-state index in [1.165, 1.54) is 18.2 Å². The Morgan fingerprint density at radius 1 is 1.21 bits per heavy atom. The second-order valence-electron chi connectivity index (χ2n) is 5.22. The molecule has 126 valence electrons. The molecular formula is C17H16FNO5. The Balaban J connectivity index is 2.06. The minimum Gasteiger partial charge on any atom is -0.429 e. The molecule has 0 atom stereocenters. The lowest BCUT2D eigenvalue weighted by atomic mass is 10.1. The van der Waals surface area contributed by atoms with Crippen molar-refractivity contribution in [1.82, 2.24) is 0 Å². The summed E-state index contributed by atoms with van der Waals surface area (Å²) in [5.41, 5.74) is 1.83. The van der Waals surface area contributed by atoms with Crippen LogP contribution in [0, 0.1) is 24.0 Å². The number of nitrogens with zero attached hydrogens (tertiary/aromatic N) is 1. The minimum atomic E-state index is -0.979. The molecule has 0 aliphatic rings. The van der Waals surface area contributed by atoms with E-state index < -0.39 is 17.8 Å². The van der Waals surface area contributed by atoms with Gasteiger partial charge in [0.1, 0.15) is 19.0 Å². The standard InChI is InChI=1S/C17H16FNO5/c1-11-7-13(9-18)8-12(2)16(11)24-17(20)23-10-14-5-3-4-6-15(14)19(21)22/h3-8H,9-10H2,1-2H3. The van der Waals surface area contributed by atoms with E-state index in [0.29, 0.717) is 22.4 Å².